The van der Waals surface area contributed by atoms with Gasteiger partial charge in [-0.05, 0) is 49.3 Å². The zero-order valence-corrected chi connectivity index (χ0v) is 15.2. The fourth-order valence-corrected chi connectivity index (χ4v) is 2.86. The van der Waals surface area contributed by atoms with Crippen molar-refractivity contribution in [3.8, 4) is 0 Å². The molecule has 21 heavy (non-hydrogen) atoms. The fraction of sp³-hybridized carbons (Fsp3) is 0.562. The van der Waals surface area contributed by atoms with Gasteiger partial charge in [0, 0.05) is 17.0 Å². The maximum Gasteiger partial charge on any atom is 0.188 e. The van der Waals surface area contributed by atoms with Crippen LogP contribution in [0.25, 0.3) is 0 Å². The van der Waals surface area contributed by atoms with Crippen molar-refractivity contribution in [2.45, 2.75) is 37.5 Å². The lowest BCUT2D eigenvalue weighted by Gasteiger charge is -2.25. The summed E-state index contributed by atoms with van der Waals surface area (Å²) in [6.07, 6.45) is 6.40. The van der Waals surface area contributed by atoms with Crippen molar-refractivity contribution >= 4 is 41.5 Å². The van der Waals surface area contributed by atoms with Gasteiger partial charge in [-0.3, -0.25) is 4.99 Å². The Bertz CT molecular complexity index is 493. The summed E-state index contributed by atoms with van der Waals surface area (Å²) in [4.78, 5) is 4.54. The summed E-state index contributed by atoms with van der Waals surface area (Å²) in [5.74, 6) is 1.40. The summed E-state index contributed by atoms with van der Waals surface area (Å²) < 4.78 is 0. The van der Waals surface area contributed by atoms with E-state index >= 15 is 0 Å². The van der Waals surface area contributed by atoms with Gasteiger partial charge in [-0.25, -0.2) is 0 Å². The average molecular weight is 420 g/mol. The van der Waals surface area contributed by atoms with Gasteiger partial charge in [-0.15, -0.1) is 24.0 Å². The molecule has 0 aliphatic heterocycles. The summed E-state index contributed by atoms with van der Waals surface area (Å²) in [7, 11) is 0. The molecule has 0 atom stereocenters. The van der Waals surface area contributed by atoms with Crippen LogP contribution in [0.2, 0.25) is 5.02 Å². The molecule has 1 aromatic carbocycles. The molecule has 0 aromatic heterocycles. The number of halogens is 2. The minimum atomic E-state index is 0. The largest absolute Gasteiger partial charge is 0.370 e. The number of nitrogens with two attached hydrogens (primary N) is 1. The molecule has 0 heterocycles. The zero-order chi connectivity index (χ0) is 14.0. The molecule has 2 fully saturated rings. The zero-order valence-electron chi connectivity index (χ0n) is 12.1. The smallest absolute Gasteiger partial charge is 0.188 e. The molecule has 2 saturated carbocycles. The first-order valence-corrected chi connectivity index (χ1v) is 7.86. The van der Waals surface area contributed by atoms with E-state index in [1.807, 2.05) is 12.1 Å². The second-order valence-corrected chi connectivity index (χ2v) is 6.60. The molecular weight excluding hydrogens is 397 g/mol. The Balaban J connectivity index is 0.00000161. The van der Waals surface area contributed by atoms with Crippen molar-refractivity contribution < 1.29 is 0 Å². The highest BCUT2D eigenvalue weighted by Gasteiger charge is 2.44. The van der Waals surface area contributed by atoms with E-state index in [4.69, 9.17) is 17.3 Å². The summed E-state index contributed by atoms with van der Waals surface area (Å²) in [6, 6.07) is 8.14. The van der Waals surface area contributed by atoms with Gasteiger partial charge in [0.05, 0.1) is 6.54 Å². The predicted octanol–water partition coefficient (Wildman–Crippen LogP) is 3.69. The van der Waals surface area contributed by atoms with Crippen LogP contribution in [0.3, 0.4) is 0 Å². The van der Waals surface area contributed by atoms with Gasteiger partial charge >= 0.3 is 0 Å². The van der Waals surface area contributed by atoms with E-state index in [-0.39, 0.29) is 29.4 Å². The number of benzene rings is 1. The van der Waals surface area contributed by atoms with Crippen LogP contribution in [0.15, 0.2) is 29.3 Å². The van der Waals surface area contributed by atoms with Crippen LogP contribution in [0.4, 0.5) is 0 Å². The number of aliphatic imine (C=N–C) groups is 1. The Morgan fingerprint density at radius 2 is 1.95 bits per heavy atom. The van der Waals surface area contributed by atoms with Gasteiger partial charge in [-0.2, -0.15) is 0 Å². The van der Waals surface area contributed by atoms with Crippen molar-refractivity contribution in [2.75, 3.05) is 13.1 Å². The molecular formula is C16H23ClIN3. The standard InChI is InChI=1S/C16H22ClN3.HI/c17-14-6-4-13(5-7-14)16(8-9-16)11-20-15(18)19-10-12-2-1-3-12;/h4-7,12H,1-3,8-11H2,(H3,18,19,20);1H. The highest BCUT2D eigenvalue weighted by Crippen LogP contribution is 2.48. The molecule has 0 amide bonds. The van der Waals surface area contributed by atoms with E-state index in [1.54, 1.807) is 0 Å². The second kappa shape index (κ2) is 7.18. The number of hydrogen-bond acceptors (Lipinski definition) is 1. The van der Waals surface area contributed by atoms with Crippen LogP contribution in [0, 0.1) is 5.92 Å². The second-order valence-electron chi connectivity index (χ2n) is 6.17. The lowest BCUT2D eigenvalue weighted by Crippen LogP contribution is -2.37. The monoisotopic (exact) mass is 419 g/mol. The van der Waals surface area contributed by atoms with Crippen LogP contribution in [-0.4, -0.2) is 19.0 Å². The highest BCUT2D eigenvalue weighted by molar-refractivity contribution is 14.0. The highest BCUT2D eigenvalue weighted by atomic mass is 127. The maximum atomic E-state index is 5.96. The molecule has 5 heteroatoms. The number of guanidine groups is 1. The number of rotatable bonds is 5. The summed E-state index contributed by atoms with van der Waals surface area (Å²) in [5, 5.41) is 4.04. The van der Waals surface area contributed by atoms with Crippen LogP contribution in [0.1, 0.15) is 37.7 Å². The van der Waals surface area contributed by atoms with E-state index in [2.05, 4.69) is 22.4 Å². The minimum Gasteiger partial charge on any atom is -0.370 e. The van der Waals surface area contributed by atoms with Gasteiger partial charge in [0.2, 0.25) is 0 Å². The predicted molar refractivity (Wildman–Crippen MR) is 99.6 cm³/mol. The first kappa shape index (κ1) is 16.9. The first-order chi connectivity index (χ1) is 9.68. The summed E-state index contributed by atoms with van der Waals surface area (Å²) in [6.45, 7) is 1.75. The van der Waals surface area contributed by atoms with Crippen LogP contribution >= 0.6 is 35.6 Å². The minimum absolute atomic E-state index is 0. The molecule has 0 unspecified atom stereocenters. The molecule has 3 rings (SSSR count). The van der Waals surface area contributed by atoms with Gasteiger partial charge in [0.25, 0.3) is 0 Å². The molecule has 0 saturated heterocycles. The molecule has 3 N–H and O–H groups in total. The van der Waals surface area contributed by atoms with Gasteiger partial charge in [-0.1, -0.05) is 30.2 Å². The van der Waals surface area contributed by atoms with E-state index < -0.39 is 0 Å². The first-order valence-electron chi connectivity index (χ1n) is 7.48. The lowest BCUT2D eigenvalue weighted by atomic mass is 9.85. The fourth-order valence-electron chi connectivity index (χ4n) is 2.73. The molecule has 2 aliphatic rings. The lowest BCUT2D eigenvalue weighted by molar-refractivity contribution is 0.315. The van der Waals surface area contributed by atoms with Crippen molar-refractivity contribution in [1.29, 1.82) is 0 Å². The van der Waals surface area contributed by atoms with E-state index in [0.717, 1.165) is 24.0 Å². The molecule has 1 aromatic rings. The molecule has 0 spiro atoms. The SMILES string of the molecule is I.NC(=NCC1(c2ccc(Cl)cc2)CC1)NCC1CCC1. The summed E-state index contributed by atoms with van der Waals surface area (Å²) in [5.41, 5.74) is 7.49. The van der Waals surface area contributed by atoms with Gasteiger partial charge < -0.3 is 11.1 Å². The quantitative estimate of drug-likeness (QED) is 0.434. The molecule has 2 aliphatic carbocycles. The normalized spacial score (nSPS) is 20.3. The summed E-state index contributed by atoms with van der Waals surface area (Å²) >= 11 is 5.94. The third kappa shape index (κ3) is 4.25. The Hall–Kier alpha value is -0.490. The Morgan fingerprint density at radius 3 is 2.48 bits per heavy atom. The van der Waals surface area contributed by atoms with Crippen molar-refractivity contribution in [3.05, 3.63) is 34.9 Å². The van der Waals surface area contributed by atoms with Crippen LogP contribution in [-0.2, 0) is 5.41 Å². The maximum absolute atomic E-state index is 5.96. The average Bonchev–Trinajstić information content (AvgIpc) is 3.16. The molecule has 3 nitrogen and oxygen atoms in total. The van der Waals surface area contributed by atoms with E-state index in [1.165, 1.54) is 37.7 Å². The van der Waals surface area contributed by atoms with E-state index in [0.29, 0.717) is 5.96 Å². The Kier molecular flexibility index (Phi) is 5.77. The van der Waals surface area contributed by atoms with Crippen LogP contribution in [0.5, 0.6) is 0 Å². The number of nitrogens with zero attached hydrogens (tertiary/aromatic N) is 1. The van der Waals surface area contributed by atoms with E-state index in [9.17, 15) is 0 Å². The Morgan fingerprint density at radius 1 is 1.29 bits per heavy atom. The van der Waals surface area contributed by atoms with Crippen LogP contribution < -0.4 is 11.1 Å². The molecule has 0 radical (unpaired) electrons. The van der Waals surface area contributed by atoms with Gasteiger partial charge in [0.1, 0.15) is 0 Å². The third-order valence-corrected chi connectivity index (χ3v) is 4.91. The van der Waals surface area contributed by atoms with Crippen molar-refractivity contribution in [1.82, 2.24) is 5.32 Å². The number of nitrogens with one attached hydrogen (secondary N) is 1. The Labute approximate surface area is 148 Å². The van der Waals surface area contributed by atoms with Gasteiger partial charge in [0.15, 0.2) is 5.96 Å². The topological polar surface area (TPSA) is 50.4 Å². The molecule has 116 valence electrons. The molecule has 0 bridgehead atoms. The van der Waals surface area contributed by atoms with Crippen molar-refractivity contribution in [2.24, 2.45) is 16.6 Å². The third-order valence-electron chi connectivity index (χ3n) is 4.66. The van der Waals surface area contributed by atoms with Crippen molar-refractivity contribution in [3.63, 3.8) is 0 Å². The number of hydrogen-bond donors (Lipinski definition) is 2.